The van der Waals surface area contributed by atoms with Crippen molar-refractivity contribution in [1.29, 1.82) is 0 Å². The topological polar surface area (TPSA) is 72.6 Å². The van der Waals surface area contributed by atoms with Crippen LogP contribution in [0.25, 0.3) is 0 Å². The van der Waals surface area contributed by atoms with Crippen LogP contribution in [-0.2, 0) is 17.3 Å². The highest BCUT2D eigenvalue weighted by Gasteiger charge is 2.40. The summed E-state index contributed by atoms with van der Waals surface area (Å²) >= 11 is 12.7. The molecule has 2 aliphatic rings. The number of para-hydroxylation sites is 1. The second kappa shape index (κ2) is 9.26. The van der Waals surface area contributed by atoms with Crippen molar-refractivity contribution >= 4 is 34.1 Å². The van der Waals surface area contributed by atoms with Crippen LogP contribution in [0.4, 0.5) is 0 Å². The lowest BCUT2D eigenvalue weighted by atomic mass is 10.1. The zero-order valence-electron chi connectivity index (χ0n) is 14.7. The minimum atomic E-state index is -2.62. The Morgan fingerprint density at radius 1 is 1.07 bits per heavy atom. The fraction of sp³-hybridized carbons (Fsp3) is 0.368. The maximum Gasteiger partial charge on any atom is 0.198 e. The van der Waals surface area contributed by atoms with Gasteiger partial charge >= 0.3 is 0 Å². The number of nitrogens with two attached hydrogens (primary N) is 1. The molecule has 0 aromatic heterocycles. The molecule has 1 aliphatic heterocycles. The first-order valence-electron chi connectivity index (χ1n) is 8.78. The third-order valence-electron chi connectivity index (χ3n) is 4.88. The molecule has 0 amide bonds. The molecule has 4 rings (SSSR count). The number of hydrogen-bond donors (Lipinski definition) is 2. The first kappa shape index (κ1) is 20.4. The lowest BCUT2D eigenvalue weighted by Crippen LogP contribution is -2.38. The van der Waals surface area contributed by atoms with Crippen LogP contribution >= 0.6 is 23.2 Å². The van der Waals surface area contributed by atoms with Crippen LogP contribution in [0, 0.1) is 0 Å². The van der Waals surface area contributed by atoms with E-state index in [-0.39, 0.29) is 6.10 Å². The number of hydrogen-bond acceptors (Lipinski definition) is 4. The molecule has 0 radical (unpaired) electrons. The number of ether oxygens (including phenoxy) is 1. The molecule has 2 atom stereocenters. The van der Waals surface area contributed by atoms with Crippen LogP contribution in [0.15, 0.2) is 42.5 Å². The summed E-state index contributed by atoms with van der Waals surface area (Å²) in [5.74, 6) is 0.894. The standard InChI is InChI=1S/C19H19Cl2NO.H3NO2S/c20-13-10-16-15(17(21)11-13)12-18(22-8-4-5-9-22)19(16)23-14-6-2-1-3-7-14;1-4(2)3/h1-3,6-7,10-11,18-19H,4-5,8-9,12H2;4H,(H2,1,2,3). The van der Waals surface area contributed by atoms with E-state index >= 15 is 0 Å². The summed E-state index contributed by atoms with van der Waals surface area (Å²) in [6, 6.07) is 14.2. The number of fused-ring (bicyclic) bond motifs is 1. The number of likely N-dealkylation sites (tertiary alicyclic amines) is 1. The molecule has 1 aliphatic carbocycles. The Balaban J connectivity index is 0.000000481. The quantitative estimate of drug-likeness (QED) is 0.732. The number of thiol groups is 1. The molecular weight excluding hydrogens is 407 g/mol. The Kier molecular flexibility index (Phi) is 7.00. The number of nitrogens with zero attached hydrogens (tertiary/aromatic N) is 1. The zero-order chi connectivity index (χ0) is 19.4. The van der Waals surface area contributed by atoms with E-state index in [1.165, 1.54) is 18.4 Å². The molecule has 5 nitrogen and oxygen atoms in total. The van der Waals surface area contributed by atoms with Gasteiger partial charge in [-0.25, -0.2) is 13.6 Å². The van der Waals surface area contributed by atoms with Crippen LogP contribution in [-0.4, -0.2) is 32.4 Å². The molecule has 0 saturated carbocycles. The Hall–Kier alpha value is -1.31. The van der Waals surface area contributed by atoms with Gasteiger partial charge in [0, 0.05) is 15.6 Å². The Morgan fingerprint density at radius 3 is 2.33 bits per heavy atom. The highest BCUT2D eigenvalue weighted by Crippen LogP contribution is 2.43. The Labute approximate surface area is 171 Å². The average molecular weight is 429 g/mol. The molecule has 2 aromatic rings. The van der Waals surface area contributed by atoms with Gasteiger partial charge in [0.15, 0.2) is 10.9 Å². The van der Waals surface area contributed by atoms with Crippen molar-refractivity contribution in [3.8, 4) is 5.75 Å². The smallest absolute Gasteiger partial charge is 0.198 e. The van der Waals surface area contributed by atoms with Crippen molar-refractivity contribution < 1.29 is 13.2 Å². The summed E-state index contributed by atoms with van der Waals surface area (Å²) in [6.07, 6.45) is 3.45. The fourth-order valence-electron chi connectivity index (χ4n) is 3.80. The average Bonchev–Trinajstić information content (AvgIpc) is 3.24. The first-order valence-corrected chi connectivity index (χ1v) is 10.8. The van der Waals surface area contributed by atoms with Gasteiger partial charge in [-0.1, -0.05) is 41.4 Å². The predicted molar refractivity (Wildman–Crippen MR) is 109 cm³/mol. The van der Waals surface area contributed by atoms with Crippen molar-refractivity contribution in [2.45, 2.75) is 31.4 Å². The highest BCUT2D eigenvalue weighted by atomic mass is 35.5. The zero-order valence-corrected chi connectivity index (χ0v) is 17.1. The second-order valence-electron chi connectivity index (χ2n) is 6.61. The number of benzene rings is 2. The van der Waals surface area contributed by atoms with E-state index in [1.54, 1.807) is 0 Å². The van der Waals surface area contributed by atoms with Crippen LogP contribution in [0.1, 0.15) is 30.1 Å². The van der Waals surface area contributed by atoms with Crippen LogP contribution in [0.2, 0.25) is 10.0 Å². The Bertz CT molecular complexity index is 848. The summed E-state index contributed by atoms with van der Waals surface area (Å²) < 4.78 is 24.0. The number of halogens is 2. The van der Waals surface area contributed by atoms with Gasteiger partial charge < -0.3 is 4.74 Å². The van der Waals surface area contributed by atoms with Crippen molar-refractivity contribution in [3.63, 3.8) is 0 Å². The van der Waals surface area contributed by atoms with Gasteiger partial charge in [0.05, 0.1) is 6.04 Å². The van der Waals surface area contributed by atoms with E-state index in [9.17, 15) is 0 Å². The van der Waals surface area contributed by atoms with E-state index in [0.29, 0.717) is 11.1 Å². The maximum absolute atomic E-state index is 8.81. The molecule has 2 N–H and O–H groups in total. The van der Waals surface area contributed by atoms with E-state index < -0.39 is 10.9 Å². The molecular formula is C19H22Cl2N2O3S. The summed E-state index contributed by atoms with van der Waals surface area (Å²) in [4.78, 5) is 2.54. The van der Waals surface area contributed by atoms with Gasteiger partial charge in [-0.15, -0.1) is 0 Å². The van der Waals surface area contributed by atoms with E-state index in [0.717, 1.165) is 35.8 Å². The summed E-state index contributed by atoms with van der Waals surface area (Å²) in [6.45, 7) is 2.28. The van der Waals surface area contributed by atoms with Gasteiger partial charge in [-0.3, -0.25) is 4.90 Å². The third-order valence-corrected chi connectivity index (χ3v) is 5.44. The molecule has 1 heterocycles. The summed E-state index contributed by atoms with van der Waals surface area (Å²) in [5, 5.41) is 5.50. The van der Waals surface area contributed by atoms with Gasteiger partial charge in [-0.2, -0.15) is 0 Å². The number of rotatable bonds is 3. The van der Waals surface area contributed by atoms with Crippen molar-refractivity contribution in [3.05, 3.63) is 63.6 Å². The molecule has 0 spiro atoms. The largest absolute Gasteiger partial charge is 0.484 e. The third kappa shape index (κ3) is 5.15. The molecule has 146 valence electrons. The summed E-state index contributed by atoms with van der Waals surface area (Å²) in [7, 11) is -2.62. The van der Waals surface area contributed by atoms with Gasteiger partial charge in [-0.05, 0) is 62.2 Å². The molecule has 1 saturated heterocycles. The second-order valence-corrected chi connectivity index (χ2v) is 8.02. The first-order chi connectivity index (χ1) is 13.0. The molecule has 8 heteroatoms. The van der Waals surface area contributed by atoms with Crippen molar-refractivity contribution in [1.82, 2.24) is 4.90 Å². The lowest BCUT2D eigenvalue weighted by Gasteiger charge is -2.30. The lowest BCUT2D eigenvalue weighted by molar-refractivity contribution is 0.0941. The van der Waals surface area contributed by atoms with E-state index in [1.807, 2.05) is 42.5 Å². The van der Waals surface area contributed by atoms with Crippen LogP contribution in [0.5, 0.6) is 5.75 Å². The van der Waals surface area contributed by atoms with Crippen molar-refractivity contribution in [2.24, 2.45) is 5.14 Å². The van der Waals surface area contributed by atoms with Gasteiger partial charge in [0.1, 0.15) is 11.9 Å². The van der Waals surface area contributed by atoms with Gasteiger partial charge in [0.2, 0.25) is 0 Å². The molecule has 2 unspecified atom stereocenters. The van der Waals surface area contributed by atoms with E-state index in [2.05, 4.69) is 10.0 Å². The normalized spacial score (nSPS) is 21.6. The fourth-order valence-corrected chi connectivity index (χ4v) is 4.38. The van der Waals surface area contributed by atoms with Crippen LogP contribution in [0.3, 0.4) is 0 Å². The SMILES string of the molecule is Clc1cc(Cl)c2c(c1)C(Oc1ccccc1)C(N1CCCC1)C2.N[SH](=O)=O. The highest BCUT2D eigenvalue weighted by molar-refractivity contribution is 7.69. The minimum absolute atomic E-state index is 0.0123. The minimum Gasteiger partial charge on any atom is -0.484 e. The van der Waals surface area contributed by atoms with Crippen molar-refractivity contribution in [2.75, 3.05) is 13.1 Å². The molecule has 27 heavy (non-hydrogen) atoms. The predicted octanol–water partition coefficient (Wildman–Crippen LogP) is 3.61. The molecule has 0 bridgehead atoms. The maximum atomic E-state index is 8.81. The molecule has 1 fully saturated rings. The molecule has 2 aromatic carbocycles. The van der Waals surface area contributed by atoms with E-state index in [4.69, 9.17) is 36.4 Å². The van der Waals surface area contributed by atoms with Crippen LogP contribution < -0.4 is 9.88 Å². The monoisotopic (exact) mass is 428 g/mol. The Morgan fingerprint density at radius 2 is 1.70 bits per heavy atom. The van der Waals surface area contributed by atoms with Gasteiger partial charge in [0.25, 0.3) is 0 Å². The summed E-state index contributed by atoms with van der Waals surface area (Å²) in [5.41, 5.74) is 2.33.